The third kappa shape index (κ3) is 3.97. The molecule has 3 aromatic rings. The summed E-state index contributed by atoms with van der Waals surface area (Å²) < 4.78 is 19.0. The summed E-state index contributed by atoms with van der Waals surface area (Å²) in [4.78, 5) is 20.4. The fraction of sp³-hybridized carbons (Fsp3) is 0.500. The molecule has 30 heavy (non-hydrogen) atoms. The average Bonchev–Trinajstić information content (AvgIpc) is 3.21. The molecule has 4 heterocycles. The van der Waals surface area contributed by atoms with Crippen LogP contribution in [-0.2, 0) is 15.9 Å². The van der Waals surface area contributed by atoms with Crippen LogP contribution in [0.4, 0.5) is 0 Å². The summed E-state index contributed by atoms with van der Waals surface area (Å²) >= 11 is 0. The number of hydrogen-bond acceptors (Lipinski definition) is 6. The standard InChI is InChI=1S/C22H26N4O4/c27-22-18-14-23-26(16-5-9-28-10-6-16)21(18)24-20(25-22)13-15-3-1-2-4-19(15)30-17-7-11-29-12-8-17/h1-4,14,16-17H,5-13H2,(H,24,25,27). The molecule has 2 aromatic heterocycles. The number of ether oxygens (including phenoxy) is 3. The van der Waals surface area contributed by atoms with Crippen molar-refractivity contribution in [3.05, 3.63) is 52.2 Å². The van der Waals surface area contributed by atoms with E-state index in [0.717, 1.165) is 50.2 Å². The smallest absolute Gasteiger partial charge is 0.262 e. The molecule has 0 unspecified atom stereocenters. The molecule has 1 aromatic carbocycles. The van der Waals surface area contributed by atoms with Crippen molar-refractivity contribution in [2.45, 2.75) is 44.2 Å². The van der Waals surface area contributed by atoms with Crippen LogP contribution in [0, 0.1) is 0 Å². The Balaban J connectivity index is 1.43. The number of H-pyrrole nitrogens is 1. The zero-order chi connectivity index (χ0) is 20.3. The van der Waals surface area contributed by atoms with Crippen molar-refractivity contribution in [2.24, 2.45) is 0 Å². The van der Waals surface area contributed by atoms with Crippen LogP contribution in [0.2, 0.25) is 0 Å². The minimum atomic E-state index is -0.156. The van der Waals surface area contributed by atoms with Crippen molar-refractivity contribution in [3.63, 3.8) is 0 Å². The molecular formula is C22H26N4O4. The second kappa shape index (κ2) is 8.57. The second-order valence-electron chi connectivity index (χ2n) is 7.90. The van der Waals surface area contributed by atoms with Gasteiger partial charge in [-0.15, -0.1) is 0 Å². The fourth-order valence-corrected chi connectivity index (χ4v) is 4.18. The lowest BCUT2D eigenvalue weighted by atomic mass is 10.1. The maximum absolute atomic E-state index is 12.7. The Kier molecular flexibility index (Phi) is 5.50. The van der Waals surface area contributed by atoms with Crippen molar-refractivity contribution in [3.8, 4) is 5.75 Å². The largest absolute Gasteiger partial charge is 0.490 e. The summed E-state index contributed by atoms with van der Waals surface area (Å²) in [6, 6.07) is 8.16. The highest BCUT2D eigenvalue weighted by molar-refractivity contribution is 5.73. The minimum absolute atomic E-state index is 0.156. The SMILES string of the molecule is O=c1[nH]c(Cc2ccccc2OC2CCOCC2)nc2c1cnn2C1CCOCC1. The first-order valence-corrected chi connectivity index (χ1v) is 10.6. The van der Waals surface area contributed by atoms with E-state index < -0.39 is 0 Å². The molecule has 8 heteroatoms. The van der Waals surface area contributed by atoms with E-state index in [1.807, 2.05) is 28.9 Å². The van der Waals surface area contributed by atoms with Crippen molar-refractivity contribution in [1.82, 2.24) is 19.7 Å². The maximum atomic E-state index is 12.7. The molecule has 2 aliphatic rings. The molecule has 8 nitrogen and oxygen atoms in total. The first-order chi connectivity index (χ1) is 14.8. The number of aromatic nitrogens is 4. The lowest BCUT2D eigenvalue weighted by Gasteiger charge is -2.24. The van der Waals surface area contributed by atoms with Gasteiger partial charge in [-0.3, -0.25) is 4.79 Å². The first-order valence-electron chi connectivity index (χ1n) is 10.6. The van der Waals surface area contributed by atoms with Crippen LogP contribution in [0.1, 0.15) is 43.1 Å². The lowest BCUT2D eigenvalue weighted by Crippen LogP contribution is -2.26. The highest BCUT2D eigenvalue weighted by atomic mass is 16.5. The monoisotopic (exact) mass is 410 g/mol. The summed E-state index contributed by atoms with van der Waals surface area (Å²) in [5.41, 5.74) is 1.49. The molecule has 0 bridgehead atoms. The maximum Gasteiger partial charge on any atom is 0.262 e. The number of rotatable bonds is 5. The van der Waals surface area contributed by atoms with Crippen LogP contribution >= 0.6 is 0 Å². The third-order valence-corrected chi connectivity index (χ3v) is 5.84. The summed E-state index contributed by atoms with van der Waals surface area (Å²) in [5, 5.41) is 4.99. The Labute approximate surface area is 174 Å². The van der Waals surface area contributed by atoms with E-state index in [1.165, 1.54) is 0 Å². The van der Waals surface area contributed by atoms with Gasteiger partial charge in [-0.25, -0.2) is 9.67 Å². The average molecular weight is 410 g/mol. The van der Waals surface area contributed by atoms with E-state index in [-0.39, 0.29) is 17.7 Å². The second-order valence-corrected chi connectivity index (χ2v) is 7.90. The fourth-order valence-electron chi connectivity index (χ4n) is 4.18. The predicted octanol–water partition coefficient (Wildman–Crippen LogP) is 2.62. The van der Waals surface area contributed by atoms with Gasteiger partial charge in [-0.1, -0.05) is 18.2 Å². The Bertz CT molecular complexity index is 1060. The normalized spacial score (nSPS) is 18.7. The Morgan fingerprint density at radius 2 is 1.80 bits per heavy atom. The summed E-state index contributed by atoms with van der Waals surface area (Å²) in [6.45, 7) is 2.88. The lowest BCUT2D eigenvalue weighted by molar-refractivity contribution is 0.0252. The zero-order valence-electron chi connectivity index (χ0n) is 16.9. The third-order valence-electron chi connectivity index (χ3n) is 5.84. The molecule has 0 atom stereocenters. The van der Waals surface area contributed by atoms with Crippen molar-refractivity contribution >= 4 is 11.0 Å². The summed E-state index contributed by atoms with van der Waals surface area (Å²) in [5.74, 6) is 1.45. The van der Waals surface area contributed by atoms with Gasteiger partial charge in [0, 0.05) is 38.0 Å². The molecule has 0 aliphatic carbocycles. The van der Waals surface area contributed by atoms with Gasteiger partial charge in [0.25, 0.3) is 5.56 Å². The van der Waals surface area contributed by atoms with Gasteiger partial charge >= 0.3 is 0 Å². The van der Waals surface area contributed by atoms with Gasteiger partial charge in [-0.2, -0.15) is 5.10 Å². The molecule has 0 radical (unpaired) electrons. The van der Waals surface area contributed by atoms with Crippen LogP contribution < -0.4 is 10.3 Å². The van der Waals surface area contributed by atoms with E-state index >= 15 is 0 Å². The van der Waals surface area contributed by atoms with E-state index in [2.05, 4.69) is 10.1 Å². The van der Waals surface area contributed by atoms with Crippen molar-refractivity contribution in [2.75, 3.05) is 26.4 Å². The molecule has 2 fully saturated rings. The number of nitrogens with zero attached hydrogens (tertiary/aromatic N) is 3. The predicted molar refractivity (Wildman–Crippen MR) is 111 cm³/mol. The summed E-state index contributed by atoms with van der Waals surface area (Å²) in [7, 11) is 0. The number of benzene rings is 1. The molecule has 0 saturated carbocycles. The number of nitrogens with one attached hydrogen (secondary N) is 1. The van der Waals surface area contributed by atoms with Gasteiger partial charge in [0.1, 0.15) is 23.1 Å². The molecule has 0 amide bonds. The molecule has 2 saturated heterocycles. The van der Waals surface area contributed by atoms with Crippen molar-refractivity contribution in [1.29, 1.82) is 0 Å². The number of fused-ring (bicyclic) bond motifs is 1. The van der Waals surface area contributed by atoms with Gasteiger partial charge < -0.3 is 19.2 Å². The Morgan fingerprint density at radius 3 is 2.60 bits per heavy atom. The van der Waals surface area contributed by atoms with Crippen LogP contribution in [0.15, 0.2) is 35.3 Å². The molecule has 158 valence electrons. The zero-order valence-corrected chi connectivity index (χ0v) is 16.9. The van der Waals surface area contributed by atoms with E-state index in [9.17, 15) is 4.79 Å². The quantitative estimate of drug-likeness (QED) is 0.695. The molecule has 0 spiro atoms. The minimum Gasteiger partial charge on any atom is -0.490 e. The van der Waals surface area contributed by atoms with Gasteiger partial charge in [-0.05, 0) is 18.9 Å². The topological polar surface area (TPSA) is 91.3 Å². The number of para-hydroxylation sites is 1. The molecule has 1 N–H and O–H groups in total. The van der Waals surface area contributed by atoms with Crippen LogP contribution in [0.5, 0.6) is 5.75 Å². The van der Waals surface area contributed by atoms with Crippen molar-refractivity contribution < 1.29 is 14.2 Å². The highest BCUT2D eigenvalue weighted by Gasteiger charge is 2.21. The Morgan fingerprint density at radius 1 is 1.07 bits per heavy atom. The summed E-state index contributed by atoms with van der Waals surface area (Å²) in [6.07, 6.45) is 5.79. The van der Waals surface area contributed by atoms with Crippen LogP contribution in [0.25, 0.3) is 11.0 Å². The number of aromatic amines is 1. The van der Waals surface area contributed by atoms with E-state index in [1.54, 1.807) is 6.20 Å². The van der Waals surface area contributed by atoms with Crippen LogP contribution in [0.3, 0.4) is 0 Å². The molecule has 5 rings (SSSR count). The van der Waals surface area contributed by atoms with Gasteiger partial charge in [0.15, 0.2) is 5.65 Å². The van der Waals surface area contributed by atoms with E-state index in [4.69, 9.17) is 19.2 Å². The molecular weight excluding hydrogens is 384 g/mol. The first kappa shape index (κ1) is 19.3. The van der Waals surface area contributed by atoms with Gasteiger partial charge in [0.05, 0.1) is 25.5 Å². The molecule has 2 aliphatic heterocycles. The van der Waals surface area contributed by atoms with Crippen LogP contribution in [-0.4, -0.2) is 52.3 Å². The highest BCUT2D eigenvalue weighted by Crippen LogP contribution is 2.26. The van der Waals surface area contributed by atoms with Gasteiger partial charge in [0.2, 0.25) is 0 Å². The Hall–Kier alpha value is -2.71. The van der Waals surface area contributed by atoms with E-state index in [0.29, 0.717) is 36.5 Å². The number of hydrogen-bond donors (Lipinski definition) is 1.